The standard InChI is InChI=1S/C17H19F2NO4.CH2O2/c1-2-17(15(22)23)9-10-7-8-13(17)20(10)14(21)11-5-3-4-6-12(11)24-16(18)19;2-1-3/h3-6,10,13,16H,2,7-9H2,1H3,(H,22,23);1H,(H,2,3)/t10-,13+,17+;/m0./s1. The summed E-state index contributed by atoms with van der Waals surface area (Å²) >= 11 is 0. The van der Waals surface area contributed by atoms with Crippen molar-refractivity contribution >= 4 is 18.3 Å². The molecule has 3 rings (SSSR count). The molecule has 2 N–H and O–H groups in total. The molecule has 2 heterocycles. The van der Waals surface area contributed by atoms with Gasteiger partial charge in [-0.3, -0.25) is 14.4 Å². The van der Waals surface area contributed by atoms with Crippen LogP contribution in [0.2, 0.25) is 0 Å². The lowest BCUT2D eigenvalue weighted by Gasteiger charge is -2.32. The number of rotatable bonds is 5. The largest absolute Gasteiger partial charge is 0.483 e. The van der Waals surface area contributed by atoms with E-state index in [2.05, 4.69) is 4.74 Å². The number of alkyl halides is 2. The molecule has 2 aliphatic rings. The predicted octanol–water partition coefficient (Wildman–Crippen LogP) is 2.85. The highest BCUT2D eigenvalue weighted by Gasteiger charge is 2.60. The van der Waals surface area contributed by atoms with Gasteiger partial charge in [-0.1, -0.05) is 19.1 Å². The van der Waals surface area contributed by atoms with Gasteiger partial charge in [0.2, 0.25) is 0 Å². The Bertz CT molecular complexity index is 713. The minimum absolute atomic E-state index is 0.0481. The van der Waals surface area contributed by atoms with Crippen LogP contribution in [0.15, 0.2) is 24.3 Å². The number of carbonyl (C=O) groups is 3. The van der Waals surface area contributed by atoms with Crippen LogP contribution < -0.4 is 4.74 Å². The summed E-state index contributed by atoms with van der Waals surface area (Å²) in [5.74, 6) is -1.51. The maximum absolute atomic E-state index is 12.9. The fourth-order valence-corrected chi connectivity index (χ4v) is 4.23. The minimum atomic E-state index is -3.02. The van der Waals surface area contributed by atoms with E-state index < -0.39 is 29.9 Å². The van der Waals surface area contributed by atoms with Gasteiger partial charge in [-0.05, 0) is 37.8 Å². The number of fused-ring (bicyclic) bond motifs is 2. The first-order valence-electron chi connectivity index (χ1n) is 8.50. The van der Waals surface area contributed by atoms with Gasteiger partial charge >= 0.3 is 12.6 Å². The Morgan fingerprint density at radius 1 is 1.37 bits per heavy atom. The third-order valence-corrected chi connectivity index (χ3v) is 5.37. The zero-order chi connectivity index (χ0) is 20.2. The first kappa shape index (κ1) is 20.6. The zero-order valence-electron chi connectivity index (χ0n) is 14.7. The third-order valence-electron chi connectivity index (χ3n) is 5.37. The predicted molar refractivity (Wildman–Crippen MR) is 89.7 cm³/mol. The lowest BCUT2D eigenvalue weighted by molar-refractivity contribution is -0.151. The van der Waals surface area contributed by atoms with E-state index in [1.165, 1.54) is 18.2 Å². The molecule has 0 aliphatic carbocycles. The average molecular weight is 385 g/mol. The Hall–Kier alpha value is -2.71. The summed E-state index contributed by atoms with van der Waals surface area (Å²) in [5, 5.41) is 16.6. The van der Waals surface area contributed by atoms with Gasteiger partial charge in [0.25, 0.3) is 12.4 Å². The molecular formula is C18H21F2NO6. The van der Waals surface area contributed by atoms with Crippen molar-refractivity contribution in [2.75, 3.05) is 0 Å². The van der Waals surface area contributed by atoms with E-state index in [0.717, 1.165) is 6.42 Å². The highest BCUT2D eigenvalue weighted by Crippen LogP contribution is 2.52. The van der Waals surface area contributed by atoms with E-state index in [-0.39, 0.29) is 23.8 Å². The van der Waals surface area contributed by atoms with E-state index in [1.54, 1.807) is 11.0 Å². The van der Waals surface area contributed by atoms with Crippen molar-refractivity contribution in [1.82, 2.24) is 4.90 Å². The molecule has 0 unspecified atom stereocenters. The Morgan fingerprint density at radius 2 is 2.00 bits per heavy atom. The van der Waals surface area contributed by atoms with Gasteiger partial charge < -0.3 is 19.8 Å². The van der Waals surface area contributed by atoms with Gasteiger partial charge in [0.05, 0.1) is 11.0 Å². The molecule has 3 atom stereocenters. The van der Waals surface area contributed by atoms with E-state index in [4.69, 9.17) is 9.90 Å². The third kappa shape index (κ3) is 3.72. The Labute approximate surface area is 154 Å². The van der Waals surface area contributed by atoms with E-state index in [9.17, 15) is 23.5 Å². The van der Waals surface area contributed by atoms with E-state index in [1.807, 2.05) is 6.92 Å². The van der Waals surface area contributed by atoms with Crippen LogP contribution in [-0.2, 0) is 9.59 Å². The number of para-hydroxylation sites is 1. The number of hydrogen-bond acceptors (Lipinski definition) is 4. The second kappa shape index (κ2) is 8.32. The van der Waals surface area contributed by atoms with Crippen LogP contribution in [-0.4, -0.2) is 52.2 Å². The van der Waals surface area contributed by atoms with Crippen molar-refractivity contribution in [3.8, 4) is 5.75 Å². The van der Waals surface area contributed by atoms with Gasteiger partial charge in [-0.2, -0.15) is 8.78 Å². The molecule has 1 amide bonds. The Morgan fingerprint density at radius 3 is 2.52 bits per heavy atom. The first-order valence-corrected chi connectivity index (χ1v) is 8.50. The highest BCUT2D eigenvalue weighted by atomic mass is 19.3. The van der Waals surface area contributed by atoms with Crippen molar-refractivity contribution < 1.29 is 38.1 Å². The number of benzene rings is 1. The lowest BCUT2D eigenvalue weighted by atomic mass is 9.72. The van der Waals surface area contributed by atoms with Crippen LogP contribution in [0.5, 0.6) is 5.75 Å². The van der Waals surface area contributed by atoms with Gasteiger partial charge in [0.15, 0.2) is 0 Å². The number of halogens is 2. The van der Waals surface area contributed by atoms with Crippen molar-refractivity contribution in [3.63, 3.8) is 0 Å². The Kier molecular flexibility index (Phi) is 6.35. The molecule has 1 aromatic rings. The quantitative estimate of drug-likeness (QED) is 0.756. The SMILES string of the molecule is CC[C@@]1(C(=O)O)C[C@@H]2CC[C@H]1N2C(=O)c1ccccc1OC(F)F.O=CO. The molecule has 0 spiro atoms. The summed E-state index contributed by atoms with van der Waals surface area (Å²) in [5.41, 5.74) is -0.899. The summed E-state index contributed by atoms with van der Waals surface area (Å²) < 4.78 is 29.6. The van der Waals surface area contributed by atoms with Gasteiger partial charge in [0.1, 0.15) is 5.75 Å². The van der Waals surface area contributed by atoms with Crippen LogP contribution in [0.4, 0.5) is 8.78 Å². The topological polar surface area (TPSA) is 104 Å². The second-order valence-electron chi connectivity index (χ2n) is 6.46. The normalized spacial score (nSPS) is 25.7. The molecule has 2 fully saturated rings. The summed E-state index contributed by atoms with van der Waals surface area (Å²) in [4.78, 5) is 34.7. The molecule has 27 heavy (non-hydrogen) atoms. The first-order chi connectivity index (χ1) is 12.8. The molecule has 7 nitrogen and oxygen atoms in total. The van der Waals surface area contributed by atoms with Crippen molar-refractivity contribution in [2.45, 2.75) is 51.3 Å². The summed E-state index contributed by atoms with van der Waals surface area (Å²) in [7, 11) is 0. The van der Waals surface area contributed by atoms with E-state index >= 15 is 0 Å². The van der Waals surface area contributed by atoms with Crippen LogP contribution in [0, 0.1) is 5.41 Å². The summed E-state index contributed by atoms with van der Waals surface area (Å²) in [6.07, 6.45) is 2.20. The van der Waals surface area contributed by atoms with Crippen molar-refractivity contribution in [2.24, 2.45) is 5.41 Å². The van der Waals surface area contributed by atoms with Gasteiger partial charge in [0, 0.05) is 12.1 Å². The summed E-state index contributed by atoms with van der Waals surface area (Å²) in [6, 6.07) is 5.28. The maximum Gasteiger partial charge on any atom is 0.387 e. The number of hydrogen-bond donors (Lipinski definition) is 2. The molecular weight excluding hydrogens is 364 g/mol. The number of carboxylic acid groups (broad SMARTS) is 2. The van der Waals surface area contributed by atoms with Crippen molar-refractivity contribution in [1.29, 1.82) is 0 Å². The molecule has 148 valence electrons. The molecule has 2 aliphatic heterocycles. The molecule has 2 bridgehead atoms. The number of nitrogens with zero attached hydrogens (tertiary/aromatic N) is 1. The van der Waals surface area contributed by atoms with Gasteiger partial charge in [-0.25, -0.2) is 0 Å². The number of carboxylic acids is 1. The fourth-order valence-electron chi connectivity index (χ4n) is 4.23. The lowest BCUT2D eigenvalue weighted by Crippen LogP contribution is -2.44. The second-order valence-corrected chi connectivity index (χ2v) is 6.46. The fraction of sp³-hybridized carbons (Fsp3) is 0.500. The average Bonchev–Trinajstić information content (AvgIpc) is 3.18. The smallest absolute Gasteiger partial charge is 0.387 e. The molecule has 0 saturated carbocycles. The maximum atomic E-state index is 12.9. The number of amides is 1. The van der Waals surface area contributed by atoms with Crippen LogP contribution in [0.1, 0.15) is 43.0 Å². The number of aliphatic carboxylic acids is 1. The Balaban J connectivity index is 0.000000817. The molecule has 2 saturated heterocycles. The molecule has 0 radical (unpaired) electrons. The monoisotopic (exact) mass is 385 g/mol. The highest BCUT2D eigenvalue weighted by molar-refractivity contribution is 5.98. The number of ether oxygens (including phenoxy) is 1. The van der Waals surface area contributed by atoms with Crippen LogP contribution in [0.25, 0.3) is 0 Å². The zero-order valence-corrected chi connectivity index (χ0v) is 14.7. The number of carbonyl (C=O) groups excluding carboxylic acids is 1. The summed E-state index contributed by atoms with van der Waals surface area (Å²) in [6.45, 7) is -1.46. The minimum Gasteiger partial charge on any atom is -0.483 e. The molecule has 1 aromatic carbocycles. The molecule has 0 aromatic heterocycles. The van der Waals surface area contributed by atoms with Crippen LogP contribution in [0.3, 0.4) is 0 Å². The van der Waals surface area contributed by atoms with Crippen molar-refractivity contribution in [3.05, 3.63) is 29.8 Å². The van der Waals surface area contributed by atoms with E-state index in [0.29, 0.717) is 19.3 Å². The van der Waals surface area contributed by atoms with Crippen LogP contribution >= 0.6 is 0 Å². The van der Waals surface area contributed by atoms with Gasteiger partial charge in [-0.15, -0.1) is 0 Å². The molecule has 9 heteroatoms.